The molecule has 44 heavy (non-hydrogen) atoms. The summed E-state index contributed by atoms with van der Waals surface area (Å²) in [6.45, 7) is 24.8. The Morgan fingerprint density at radius 2 is 0.864 bits per heavy atom. The Bertz CT molecular complexity index is 1530. The molecule has 0 saturated heterocycles. The predicted octanol–water partition coefficient (Wildman–Crippen LogP) is 10.8. The molecule has 0 spiro atoms. The molecule has 4 aromatic carbocycles. The van der Waals surface area contributed by atoms with E-state index in [0.29, 0.717) is 0 Å². The van der Waals surface area contributed by atoms with E-state index in [2.05, 4.69) is 129 Å². The van der Waals surface area contributed by atoms with Crippen LogP contribution in [0.5, 0.6) is 11.5 Å². The van der Waals surface area contributed by atoms with Gasteiger partial charge in [0.25, 0.3) is 0 Å². The van der Waals surface area contributed by atoms with Gasteiger partial charge in [0.2, 0.25) is 0 Å². The standard InChI is InChI=1S/C42H50O2/c1-11-29-13-17-31(18-14-29)21-23-33-25-35(41(5,6)7)39(43)37(27(33)3)38-28(4)34(26-36(40(38)44)42(8,9)10)24-22-32-19-15-30(12-2)16-20-32/h11-20,25-26,43-44H,1-2,21-24H2,3-10H3. The molecule has 0 amide bonds. The van der Waals surface area contributed by atoms with Crippen LogP contribution in [-0.2, 0) is 36.5 Å². The van der Waals surface area contributed by atoms with Crippen molar-refractivity contribution >= 4 is 12.2 Å². The fraction of sp³-hybridized carbons (Fsp3) is 0.333. The summed E-state index contributed by atoms with van der Waals surface area (Å²) in [6, 6.07) is 21.4. The highest BCUT2D eigenvalue weighted by atomic mass is 16.3. The van der Waals surface area contributed by atoms with Crippen LogP contribution in [0.2, 0.25) is 0 Å². The fourth-order valence-electron chi connectivity index (χ4n) is 6.12. The predicted molar refractivity (Wildman–Crippen MR) is 190 cm³/mol. The van der Waals surface area contributed by atoms with Crippen molar-refractivity contribution in [1.29, 1.82) is 0 Å². The number of phenols is 2. The largest absolute Gasteiger partial charge is 0.507 e. The Kier molecular flexibility index (Phi) is 9.64. The van der Waals surface area contributed by atoms with Gasteiger partial charge in [0.05, 0.1) is 0 Å². The van der Waals surface area contributed by atoms with Crippen LogP contribution in [-0.4, -0.2) is 10.2 Å². The molecule has 0 fully saturated rings. The van der Waals surface area contributed by atoms with E-state index in [4.69, 9.17) is 0 Å². The number of phenolic OH excluding ortho intramolecular Hbond substituents is 2. The summed E-state index contributed by atoms with van der Waals surface area (Å²) in [5.74, 6) is 0.536. The van der Waals surface area contributed by atoms with Crippen molar-refractivity contribution < 1.29 is 10.2 Å². The van der Waals surface area contributed by atoms with Crippen molar-refractivity contribution in [2.75, 3.05) is 0 Å². The number of aryl methyl sites for hydroxylation is 4. The summed E-state index contributed by atoms with van der Waals surface area (Å²) < 4.78 is 0. The third kappa shape index (κ3) is 7.02. The first-order valence-electron chi connectivity index (χ1n) is 15.8. The first-order chi connectivity index (χ1) is 20.6. The zero-order chi connectivity index (χ0) is 32.4. The van der Waals surface area contributed by atoms with E-state index in [-0.39, 0.29) is 22.3 Å². The second-order valence-corrected chi connectivity index (χ2v) is 14.3. The topological polar surface area (TPSA) is 40.5 Å². The maximum Gasteiger partial charge on any atom is 0.127 e. The molecule has 0 atom stereocenters. The summed E-state index contributed by atoms with van der Waals surface area (Å²) >= 11 is 0. The van der Waals surface area contributed by atoms with Gasteiger partial charge in [-0.15, -0.1) is 0 Å². The SMILES string of the molecule is C=Cc1ccc(CCc2cc(C(C)(C)C)c(O)c(-c3c(C)c(CCc4ccc(C=C)cc4)cc(C(C)(C)C)c3O)c2C)cc1. The lowest BCUT2D eigenvalue weighted by Gasteiger charge is -2.29. The van der Waals surface area contributed by atoms with Crippen molar-refractivity contribution in [2.45, 2.75) is 91.9 Å². The normalized spacial score (nSPS) is 11.9. The maximum atomic E-state index is 12.0. The van der Waals surface area contributed by atoms with Gasteiger partial charge in [-0.25, -0.2) is 0 Å². The summed E-state index contributed by atoms with van der Waals surface area (Å²) in [5, 5.41) is 24.0. The van der Waals surface area contributed by atoms with Crippen molar-refractivity contribution in [2.24, 2.45) is 0 Å². The molecular formula is C42H50O2. The molecular weight excluding hydrogens is 536 g/mol. The van der Waals surface area contributed by atoms with Gasteiger partial charge >= 0.3 is 0 Å². The van der Waals surface area contributed by atoms with Gasteiger partial charge in [-0.3, -0.25) is 0 Å². The summed E-state index contributed by atoms with van der Waals surface area (Å²) in [5.41, 5.74) is 11.9. The summed E-state index contributed by atoms with van der Waals surface area (Å²) in [6.07, 6.45) is 7.17. The van der Waals surface area contributed by atoms with Crippen LogP contribution >= 0.6 is 0 Å². The zero-order valence-corrected chi connectivity index (χ0v) is 28.1. The van der Waals surface area contributed by atoms with Crippen LogP contribution in [0.25, 0.3) is 23.3 Å². The van der Waals surface area contributed by atoms with E-state index >= 15 is 0 Å². The smallest absolute Gasteiger partial charge is 0.127 e. The Balaban J connectivity index is 1.88. The molecule has 0 unspecified atom stereocenters. The number of benzene rings is 4. The first kappa shape index (κ1) is 32.9. The highest BCUT2D eigenvalue weighted by Gasteiger charge is 2.30. The fourth-order valence-corrected chi connectivity index (χ4v) is 6.12. The van der Waals surface area contributed by atoms with Crippen molar-refractivity contribution in [1.82, 2.24) is 0 Å². The lowest BCUT2D eigenvalue weighted by molar-refractivity contribution is 0.439. The quantitative estimate of drug-likeness (QED) is 0.205. The van der Waals surface area contributed by atoms with Crippen molar-refractivity contribution in [3.8, 4) is 22.6 Å². The molecule has 230 valence electrons. The average molecular weight is 587 g/mol. The van der Waals surface area contributed by atoms with E-state index in [1.54, 1.807) is 0 Å². The third-order valence-corrected chi connectivity index (χ3v) is 9.00. The second kappa shape index (κ2) is 12.9. The number of hydrogen-bond acceptors (Lipinski definition) is 2. The van der Waals surface area contributed by atoms with Gasteiger partial charge < -0.3 is 10.2 Å². The molecule has 0 aromatic heterocycles. The van der Waals surface area contributed by atoms with Crippen molar-refractivity contribution in [3.63, 3.8) is 0 Å². The molecule has 4 aromatic rings. The summed E-state index contributed by atoms with van der Waals surface area (Å²) in [4.78, 5) is 0. The molecule has 2 N–H and O–H groups in total. The first-order valence-corrected chi connectivity index (χ1v) is 15.8. The van der Waals surface area contributed by atoms with Gasteiger partial charge in [0.1, 0.15) is 11.5 Å². The Morgan fingerprint density at radius 3 is 1.14 bits per heavy atom. The summed E-state index contributed by atoms with van der Waals surface area (Å²) in [7, 11) is 0. The van der Waals surface area contributed by atoms with Crippen LogP contribution < -0.4 is 0 Å². The van der Waals surface area contributed by atoms with E-state index in [0.717, 1.165) is 70.2 Å². The Morgan fingerprint density at radius 1 is 0.545 bits per heavy atom. The maximum absolute atomic E-state index is 12.0. The number of hydrogen-bond donors (Lipinski definition) is 2. The molecule has 0 aliphatic rings. The molecule has 0 saturated carbocycles. The van der Waals surface area contributed by atoms with E-state index < -0.39 is 0 Å². The minimum atomic E-state index is -0.279. The van der Waals surface area contributed by atoms with Gasteiger partial charge in [-0.2, -0.15) is 0 Å². The van der Waals surface area contributed by atoms with E-state index in [9.17, 15) is 10.2 Å². The lowest BCUT2D eigenvalue weighted by atomic mass is 9.76. The molecule has 0 radical (unpaired) electrons. The third-order valence-electron chi connectivity index (χ3n) is 9.00. The Labute approximate surface area is 265 Å². The van der Waals surface area contributed by atoms with E-state index in [1.165, 1.54) is 22.3 Å². The number of aromatic hydroxyl groups is 2. The molecule has 2 heteroatoms. The number of rotatable bonds is 9. The average Bonchev–Trinajstić information content (AvgIpc) is 2.97. The van der Waals surface area contributed by atoms with Crippen LogP contribution in [0.1, 0.15) is 97.2 Å². The molecule has 0 bridgehead atoms. The molecule has 0 aliphatic heterocycles. The van der Waals surface area contributed by atoms with Crippen LogP contribution in [0.15, 0.2) is 73.8 Å². The monoisotopic (exact) mass is 586 g/mol. The minimum absolute atomic E-state index is 0.268. The lowest BCUT2D eigenvalue weighted by Crippen LogP contribution is -2.15. The van der Waals surface area contributed by atoms with Gasteiger partial charge in [-0.05, 0) is 94.9 Å². The van der Waals surface area contributed by atoms with Crippen LogP contribution in [0, 0.1) is 13.8 Å². The molecule has 2 nitrogen and oxygen atoms in total. The molecule has 4 rings (SSSR count). The molecule has 0 aliphatic carbocycles. The van der Waals surface area contributed by atoms with Crippen LogP contribution in [0.4, 0.5) is 0 Å². The highest BCUT2D eigenvalue weighted by molar-refractivity contribution is 5.85. The second-order valence-electron chi connectivity index (χ2n) is 14.3. The highest BCUT2D eigenvalue weighted by Crippen LogP contribution is 2.49. The van der Waals surface area contributed by atoms with Crippen LogP contribution in [0.3, 0.4) is 0 Å². The van der Waals surface area contributed by atoms with E-state index in [1.807, 2.05) is 12.2 Å². The molecule has 0 heterocycles. The van der Waals surface area contributed by atoms with Crippen molar-refractivity contribution in [3.05, 3.63) is 129 Å². The Hall–Kier alpha value is -4.04. The van der Waals surface area contributed by atoms with Gasteiger partial charge in [0, 0.05) is 22.3 Å². The minimum Gasteiger partial charge on any atom is -0.507 e. The zero-order valence-electron chi connectivity index (χ0n) is 28.1. The van der Waals surface area contributed by atoms with Gasteiger partial charge in [-0.1, -0.05) is 128 Å². The van der Waals surface area contributed by atoms with Gasteiger partial charge in [0.15, 0.2) is 0 Å².